The molecule has 22 heavy (non-hydrogen) atoms. The molecule has 0 aromatic heterocycles. The summed E-state index contributed by atoms with van der Waals surface area (Å²) < 4.78 is 5.49. The van der Waals surface area contributed by atoms with Crippen LogP contribution in [0.1, 0.15) is 66.7 Å². The smallest absolute Gasteiger partial charge is 0.0594 e. The second-order valence-corrected chi connectivity index (χ2v) is 8.81. The van der Waals surface area contributed by atoms with Crippen molar-refractivity contribution in [2.45, 2.75) is 77.8 Å². The summed E-state index contributed by atoms with van der Waals surface area (Å²) in [5.41, 5.74) is 0.812. The molecule has 1 aliphatic heterocycles. The van der Waals surface area contributed by atoms with Gasteiger partial charge in [-0.15, -0.1) is 0 Å². The standard InChI is InChI=1S/C19H38N2O/c1-16(2)14-19(7-8-19)20-9-6-17(3)15-18(4,5)21-10-12-22-13-11-21/h16-17,20H,6-15H2,1-5H3/t17-/m0/s1. The van der Waals surface area contributed by atoms with Crippen LogP contribution in [0.4, 0.5) is 0 Å². The summed E-state index contributed by atoms with van der Waals surface area (Å²) in [4.78, 5) is 2.61. The molecular weight excluding hydrogens is 272 g/mol. The van der Waals surface area contributed by atoms with E-state index in [0.29, 0.717) is 11.1 Å². The van der Waals surface area contributed by atoms with Gasteiger partial charge in [-0.2, -0.15) is 0 Å². The second-order valence-electron chi connectivity index (χ2n) is 8.81. The van der Waals surface area contributed by atoms with Crippen LogP contribution in [-0.4, -0.2) is 48.8 Å². The van der Waals surface area contributed by atoms with Crippen LogP contribution in [0.5, 0.6) is 0 Å². The van der Waals surface area contributed by atoms with Gasteiger partial charge in [-0.05, 0) is 64.3 Å². The quantitative estimate of drug-likeness (QED) is 0.703. The Hall–Kier alpha value is -0.120. The molecule has 0 radical (unpaired) electrons. The van der Waals surface area contributed by atoms with Crippen molar-refractivity contribution in [2.75, 3.05) is 32.8 Å². The molecular formula is C19H38N2O. The van der Waals surface area contributed by atoms with Crippen molar-refractivity contribution >= 4 is 0 Å². The summed E-state index contributed by atoms with van der Waals surface area (Å²) in [6, 6.07) is 0. The molecule has 130 valence electrons. The Morgan fingerprint density at radius 2 is 1.77 bits per heavy atom. The fourth-order valence-corrected chi connectivity index (χ4v) is 4.22. The highest BCUT2D eigenvalue weighted by Gasteiger charge is 2.42. The molecule has 0 bridgehead atoms. The lowest BCUT2D eigenvalue weighted by atomic mass is 9.87. The van der Waals surface area contributed by atoms with Gasteiger partial charge in [0.05, 0.1) is 13.2 Å². The summed E-state index contributed by atoms with van der Waals surface area (Å²) in [6.07, 6.45) is 6.71. The van der Waals surface area contributed by atoms with E-state index in [0.717, 1.165) is 38.1 Å². The van der Waals surface area contributed by atoms with Crippen LogP contribution in [0.3, 0.4) is 0 Å². The van der Waals surface area contributed by atoms with Crippen LogP contribution in [0, 0.1) is 11.8 Å². The van der Waals surface area contributed by atoms with Crippen molar-refractivity contribution in [2.24, 2.45) is 11.8 Å². The molecule has 0 spiro atoms. The average Bonchev–Trinajstić information content (AvgIpc) is 3.18. The van der Waals surface area contributed by atoms with E-state index in [9.17, 15) is 0 Å². The second kappa shape index (κ2) is 7.63. The van der Waals surface area contributed by atoms with Crippen molar-refractivity contribution in [1.29, 1.82) is 0 Å². The third kappa shape index (κ3) is 5.50. The maximum Gasteiger partial charge on any atom is 0.0594 e. The number of nitrogens with zero attached hydrogens (tertiary/aromatic N) is 1. The Balaban J connectivity index is 1.67. The molecule has 2 rings (SSSR count). The number of nitrogens with one attached hydrogen (secondary N) is 1. The van der Waals surface area contributed by atoms with Gasteiger partial charge in [0.15, 0.2) is 0 Å². The van der Waals surface area contributed by atoms with Crippen LogP contribution in [0.2, 0.25) is 0 Å². The monoisotopic (exact) mass is 310 g/mol. The van der Waals surface area contributed by atoms with E-state index < -0.39 is 0 Å². The Morgan fingerprint density at radius 3 is 2.32 bits per heavy atom. The van der Waals surface area contributed by atoms with Gasteiger partial charge < -0.3 is 10.1 Å². The zero-order valence-corrected chi connectivity index (χ0v) is 15.6. The molecule has 1 N–H and O–H groups in total. The Morgan fingerprint density at radius 1 is 1.14 bits per heavy atom. The first-order valence-electron chi connectivity index (χ1n) is 9.41. The first-order chi connectivity index (χ1) is 10.3. The lowest BCUT2D eigenvalue weighted by molar-refractivity contribution is -0.0176. The lowest BCUT2D eigenvalue weighted by Gasteiger charge is -2.42. The molecule has 0 unspecified atom stereocenters. The molecule has 1 aliphatic carbocycles. The molecule has 1 atom stereocenters. The maximum absolute atomic E-state index is 5.49. The third-order valence-corrected chi connectivity index (χ3v) is 5.50. The van der Waals surface area contributed by atoms with Crippen LogP contribution < -0.4 is 5.32 Å². The molecule has 2 fully saturated rings. The summed E-state index contributed by atoms with van der Waals surface area (Å²) in [7, 11) is 0. The minimum atomic E-state index is 0.304. The average molecular weight is 311 g/mol. The molecule has 1 saturated carbocycles. The Bertz CT molecular complexity index is 330. The van der Waals surface area contributed by atoms with Crippen molar-refractivity contribution in [1.82, 2.24) is 10.2 Å². The van der Waals surface area contributed by atoms with Crippen LogP contribution in [0.25, 0.3) is 0 Å². The highest BCUT2D eigenvalue weighted by Crippen LogP contribution is 2.41. The molecule has 3 heteroatoms. The fourth-order valence-electron chi connectivity index (χ4n) is 4.22. The van der Waals surface area contributed by atoms with E-state index in [1.54, 1.807) is 0 Å². The zero-order valence-electron chi connectivity index (χ0n) is 15.6. The van der Waals surface area contributed by atoms with E-state index in [-0.39, 0.29) is 0 Å². The van der Waals surface area contributed by atoms with E-state index in [1.807, 2.05) is 0 Å². The van der Waals surface area contributed by atoms with E-state index in [1.165, 1.54) is 38.6 Å². The van der Waals surface area contributed by atoms with E-state index >= 15 is 0 Å². The minimum Gasteiger partial charge on any atom is -0.379 e. The van der Waals surface area contributed by atoms with Crippen molar-refractivity contribution in [3.05, 3.63) is 0 Å². The van der Waals surface area contributed by atoms with Crippen LogP contribution in [-0.2, 0) is 4.74 Å². The first kappa shape index (κ1) is 18.2. The third-order valence-electron chi connectivity index (χ3n) is 5.50. The number of ether oxygens (including phenoxy) is 1. The highest BCUT2D eigenvalue weighted by molar-refractivity contribution is 5.02. The number of hydrogen-bond donors (Lipinski definition) is 1. The van der Waals surface area contributed by atoms with Crippen LogP contribution >= 0.6 is 0 Å². The summed E-state index contributed by atoms with van der Waals surface area (Å²) in [5.74, 6) is 1.59. The topological polar surface area (TPSA) is 24.5 Å². The van der Waals surface area contributed by atoms with Gasteiger partial charge in [0.2, 0.25) is 0 Å². The van der Waals surface area contributed by atoms with Gasteiger partial charge >= 0.3 is 0 Å². The Kier molecular flexibility index (Phi) is 6.32. The normalized spacial score (nSPS) is 23.7. The van der Waals surface area contributed by atoms with Gasteiger partial charge in [-0.25, -0.2) is 0 Å². The fraction of sp³-hybridized carbons (Fsp3) is 1.00. The molecule has 1 heterocycles. The molecule has 0 aromatic carbocycles. The van der Waals surface area contributed by atoms with Crippen molar-refractivity contribution in [3.63, 3.8) is 0 Å². The highest BCUT2D eigenvalue weighted by atomic mass is 16.5. The predicted octanol–water partition coefficient (Wildman–Crippen LogP) is 3.68. The molecule has 2 aliphatic rings. The first-order valence-corrected chi connectivity index (χ1v) is 9.41. The number of rotatable bonds is 9. The Labute approximate surface area is 138 Å². The molecule has 0 amide bonds. The van der Waals surface area contributed by atoms with Crippen molar-refractivity contribution in [3.8, 4) is 0 Å². The van der Waals surface area contributed by atoms with Gasteiger partial charge in [0.1, 0.15) is 0 Å². The molecule has 1 saturated heterocycles. The SMILES string of the molecule is CC(C)CC1(NCC[C@H](C)CC(C)(C)N2CCOCC2)CC1. The summed E-state index contributed by atoms with van der Waals surface area (Å²) >= 11 is 0. The van der Waals surface area contributed by atoms with Gasteiger partial charge in [0.25, 0.3) is 0 Å². The number of hydrogen-bond acceptors (Lipinski definition) is 3. The van der Waals surface area contributed by atoms with Crippen LogP contribution in [0.15, 0.2) is 0 Å². The van der Waals surface area contributed by atoms with E-state index in [4.69, 9.17) is 4.74 Å². The van der Waals surface area contributed by atoms with E-state index in [2.05, 4.69) is 44.8 Å². The lowest BCUT2D eigenvalue weighted by Crippen LogP contribution is -2.50. The molecule has 3 nitrogen and oxygen atoms in total. The van der Waals surface area contributed by atoms with Crippen molar-refractivity contribution < 1.29 is 4.74 Å². The largest absolute Gasteiger partial charge is 0.379 e. The van der Waals surface area contributed by atoms with Gasteiger partial charge in [-0.3, -0.25) is 4.90 Å². The maximum atomic E-state index is 5.49. The van der Waals surface area contributed by atoms with Gasteiger partial charge in [0, 0.05) is 24.2 Å². The molecule has 0 aromatic rings. The zero-order chi connectivity index (χ0) is 16.2. The summed E-state index contributed by atoms with van der Waals surface area (Å²) in [6.45, 7) is 17.1. The number of morpholine rings is 1. The summed E-state index contributed by atoms with van der Waals surface area (Å²) in [5, 5.41) is 3.86. The predicted molar refractivity (Wildman–Crippen MR) is 94.3 cm³/mol. The minimum absolute atomic E-state index is 0.304. The van der Waals surface area contributed by atoms with Gasteiger partial charge in [-0.1, -0.05) is 20.8 Å².